The van der Waals surface area contributed by atoms with E-state index in [1.807, 2.05) is 0 Å². The summed E-state index contributed by atoms with van der Waals surface area (Å²) in [6.45, 7) is 8.88. The van der Waals surface area contributed by atoms with Crippen LogP contribution in [-0.4, -0.2) is 0 Å². The van der Waals surface area contributed by atoms with Crippen molar-refractivity contribution in [3.05, 3.63) is 40.8 Å². The van der Waals surface area contributed by atoms with Gasteiger partial charge in [0.2, 0.25) is 0 Å². The molecule has 0 N–H and O–H groups in total. The van der Waals surface area contributed by atoms with Gasteiger partial charge in [0, 0.05) is 0 Å². The first-order valence-corrected chi connectivity index (χ1v) is 6.10. The summed E-state index contributed by atoms with van der Waals surface area (Å²) in [7, 11) is 0. The van der Waals surface area contributed by atoms with Crippen molar-refractivity contribution in [1.29, 1.82) is 0 Å². The number of benzene rings is 1. The minimum Gasteiger partial charge on any atom is -0.0651 e. The molecular formula is C15H23. The molecule has 0 heteroatoms. The molecule has 0 atom stereocenters. The lowest BCUT2D eigenvalue weighted by Crippen LogP contribution is -1.95. The fourth-order valence-electron chi connectivity index (χ4n) is 1.92. The van der Waals surface area contributed by atoms with Crippen LogP contribution in [0.4, 0.5) is 0 Å². The fraction of sp³-hybridized carbons (Fsp3) is 0.533. The van der Waals surface area contributed by atoms with Crippen molar-refractivity contribution >= 4 is 0 Å². The molecule has 0 aromatic heterocycles. The molecule has 0 aliphatic carbocycles. The molecule has 0 spiro atoms. The van der Waals surface area contributed by atoms with Gasteiger partial charge in [0.05, 0.1) is 0 Å². The van der Waals surface area contributed by atoms with E-state index in [0.29, 0.717) is 0 Å². The Kier molecular flexibility index (Phi) is 4.87. The molecule has 0 fully saturated rings. The lowest BCUT2D eigenvalue weighted by Gasteiger charge is -2.11. The number of aryl methyl sites for hydroxylation is 2. The maximum Gasteiger partial charge on any atom is -0.00118 e. The van der Waals surface area contributed by atoms with Crippen LogP contribution in [0.15, 0.2) is 18.2 Å². The molecule has 0 aliphatic heterocycles. The van der Waals surface area contributed by atoms with Gasteiger partial charge in [-0.3, -0.25) is 0 Å². The third kappa shape index (κ3) is 3.70. The Balaban J connectivity index is 2.97. The highest BCUT2D eigenvalue weighted by Crippen LogP contribution is 2.19. The molecule has 83 valence electrons. The molecule has 0 unspecified atom stereocenters. The van der Waals surface area contributed by atoms with Crippen molar-refractivity contribution in [2.75, 3.05) is 0 Å². The summed E-state index contributed by atoms with van der Waals surface area (Å²) >= 11 is 0. The van der Waals surface area contributed by atoms with Crippen LogP contribution in [0.25, 0.3) is 0 Å². The maximum absolute atomic E-state index is 2.37. The Hall–Kier alpha value is -0.780. The zero-order valence-electron chi connectivity index (χ0n) is 10.6. The lowest BCUT2D eigenvalue weighted by atomic mass is 9.94. The van der Waals surface area contributed by atoms with Gasteiger partial charge in [0.1, 0.15) is 0 Å². The second-order valence-corrected chi connectivity index (χ2v) is 4.54. The van der Waals surface area contributed by atoms with E-state index in [1.165, 1.54) is 48.3 Å². The van der Waals surface area contributed by atoms with E-state index < -0.39 is 0 Å². The van der Waals surface area contributed by atoms with Gasteiger partial charge in [-0.2, -0.15) is 0 Å². The first-order valence-electron chi connectivity index (χ1n) is 6.10. The first kappa shape index (κ1) is 12.3. The number of hydrogen-bond acceptors (Lipinski definition) is 0. The summed E-state index contributed by atoms with van der Waals surface area (Å²) in [5, 5.41) is 0. The summed E-state index contributed by atoms with van der Waals surface area (Å²) in [5.41, 5.74) is 4.42. The van der Waals surface area contributed by atoms with Gasteiger partial charge in [-0.25, -0.2) is 0 Å². The molecule has 0 amide bonds. The molecular weight excluding hydrogens is 180 g/mol. The topological polar surface area (TPSA) is 0 Å². The molecule has 0 saturated heterocycles. The fourth-order valence-corrected chi connectivity index (χ4v) is 1.92. The number of rotatable bonds is 5. The largest absolute Gasteiger partial charge is 0.0651 e. The quantitative estimate of drug-likeness (QED) is 0.658. The minimum absolute atomic E-state index is 1.21. The van der Waals surface area contributed by atoms with Gasteiger partial charge in [0.15, 0.2) is 0 Å². The van der Waals surface area contributed by atoms with E-state index in [4.69, 9.17) is 0 Å². The molecule has 0 bridgehead atoms. The smallest absolute Gasteiger partial charge is 0.00118 e. The summed E-state index contributed by atoms with van der Waals surface area (Å²) in [6, 6.07) is 7.06. The van der Waals surface area contributed by atoms with Crippen molar-refractivity contribution in [3.63, 3.8) is 0 Å². The highest BCUT2D eigenvalue weighted by atomic mass is 14.1. The highest BCUT2D eigenvalue weighted by Gasteiger charge is 2.04. The Bertz CT molecular complexity index is 273. The Morgan fingerprint density at radius 2 is 1.33 bits per heavy atom. The Morgan fingerprint density at radius 3 is 1.67 bits per heavy atom. The zero-order valence-corrected chi connectivity index (χ0v) is 10.6. The van der Waals surface area contributed by atoms with Gasteiger partial charge in [-0.1, -0.05) is 58.7 Å². The van der Waals surface area contributed by atoms with Crippen LogP contribution < -0.4 is 0 Å². The van der Waals surface area contributed by atoms with E-state index >= 15 is 0 Å². The maximum atomic E-state index is 2.37. The molecule has 15 heavy (non-hydrogen) atoms. The van der Waals surface area contributed by atoms with Crippen molar-refractivity contribution in [1.82, 2.24) is 0 Å². The first-order chi connectivity index (χ1) is 7.17. The number of hydrogen-bond donors (Lipinski definition) is 0. The Morgan fingerprint density at radius 1 is 0.867 bits per heavy atom. The summed E-state index contributed by atoms with van der Waals surface area (Å²) in [6.07, 6.45) is 4.88. The predicted octanol–water partition coefficient (Wildman–Crippen LogP) is 4.55. The average molecular weight is 203 g/mol. The van der Waals surface area contributed by atoms with Crippen molar-refractivity contribution in [2.24, 2.45) is 0 Å². The minimum atomic E-state index is 1.21. The van der Waals surface area contributed by atoms with Gasteiger partial charge >= 0.3 is 0 Å². The SMILES string of the molecule is CCCc1cc(CCC)cc([C](C)C)c1. The summed E-state index contributed by atoms with van der Waals surface area (Å²) < 4.78 is 0. The van der Waals surface area contributed by atoms with Gasteiger partial charge in [0.25, 0.3) is 0 Å². The molecule has 1 rings (SSSR count). The van der Waals surface area contributed by atoms with Crippen LogP contribution in [-0.2, 0) is 12.8 Å². The third-order valence-corrected chi connectivity index (χ3v) is 2.71. The van der Waals surface area contributed by atoms with Crippen LogP contribution in [0.1, 0.15) is 57.2 Å². The van der Waals surface area contributed by atoms with Crippen LogP contribution >= 0.6 is 0 Å². The monoisotopic (exact) mass is 203 g/mol. The summed E-state index contributed by atoms with van der Waals surface area (Å²) in [5.74, 6) is 1.42. The molecule has 0 saturated carbocycles. The van der Waals surface area contributed by atoms with Crippen molar-refractivity contribution in [2.45, 2.75) is 53.4 Å². The molecule has 0 aliphatic rings. The normalized spacial score (nSPS) is 11.0. The molecule has 1 aromatic rings. The average Bonchev–Trinajstić information content (AvgIpc) is 2.18. The van der Waals surface area contributed by atoms with Crippen LogP contribution in [0.5, 0.6) is 0 Å². The standard InChI is InChI=1S/C15H23/c1-5-7-13-9-14(8-6-2)11-15(10-13)12(3)4/h9-11H,5-8H2,1-4H3. The molecule has 0 heterocycles. The van der Waals surface area contributed by atoms with E-state index in [1.54, 1.807) is 0 Å². The van der Waals surface area contributed by atoms with E-state index in [-0.39, 0.29) is 0 Å². The predicted molar refractivity (Wildman–Crippen MR) is 68.1 cm³/mol. The summed E-state index contributed by atoms with van der Waals surface area (Å²) in [4.78, 5) is 0. The highest BCUT2D eigenvalue weighted by molar-refractivity contribution is 5.37. The lowest BCUT2D eigenvalue weighted by molar-refractivity contribution is 0.890. The van der Waals surface area contributed by atoms with Crippen molar-refractivity contribution in [3.8, 4) is 0 Å². The second-order valence-electron chi connectivity index (χ2n) is 4.54. The van der Waals surface area contributed by atoms with Crippen molar-refractivity contribution < 1.29 is 0 Å². The zero-order chi connectivity index (χ0) is 11.3. The van der Waals surface area contributed by atoms with Crippen LogP contribution in [0, 0.1) is 5.92 Å². The van der Waals surface area contributed by atoms with Gasteiger partial charge < -0.3 is 0 Å². The molecule has 1 radical (unpaired) electrons. The third-order valence-electron chi connectivity index (χ3n) is 2.71. The molecule has 0 nitrogen and oxygen atoms in total. The molecule has 1 aromatic carbocycles. The second kappa shape index (κ2) is 5.95. The van der Waals surface area contributed by atoms with E-state index in [0.717, 1.165) is 0 Å². The van der Waals surface area contributed by atoms with E-state index in [2.05, 4.69) is 45.9 Å². The Labute approximate surface area is 94.7 Å². The van der Waals surface area contributed by atoms with Gasteiger partial charge in [-0.05, 0) is 35.4 Å². The van der Waals surface area contributed by atoms with Crippen LogP contribution in [0.3, 0.4) is 0 Å². The van der Waals surface area contributed by atoms with E-state index in [9.17, 15) is 0 Å². The van der Waals surface area contributed by atoms with Gasteiger partial charge in [-0.15, -0.1) is 0 Å². The van der Waals surface area contributed by atoms with Crippen LogP contribution in [0.2, 0.25) is 0 Å².